The maximum Gasteiger partial charge on any atom is 0.371 e. The Morgan fingerprint density at radius 3 is 2.19 bits per heavy atom. The van der Waals surface area contributed by atoms with Gasteiger partial charge in [0, 0.05) is 13.3 Å². The molecule has 16 heavy (non-hydrogen) atoms. The molecule has 0 saturated heterocycles. The van der Waals surface area contributed by atoms with Gasteiger partial charge in [-0.05, 0) is 13.8 Å². The summed E-state index contributed by atoms with van der Waals surface area (Å²) in [5.41, 5.74) is 0. The first-order valence-electron chi connectivity index (χ1n) is 5.17. The molecule has 1 atom stereocenters. The average Bonchev–Trinajstić information content (AvgIpc) is 2.17. The minimum absolute atomic E-state index is 0.228. The summed E-state index contributed by atoms with van der Waals surface area (Å²) in [5, 5.41) is 0. The van der Waals surface area contributed by atoms with Gasteiger partial charge in [-0.3, -0.25) is 9.36 Å². The minimum atomic E-state index is -3.41. The number of hydrogen-bond acceptors (Lipinski definition) is 5. The number of carbonyl (C=O) groups is 1. The molecular formula is C10H19O5P. The lowest BCUT2D eigenvalue weighted by Crippen LogP contribution is -2.19. The summed E-state index contributed by atoms with van der Waals surface area (Å²) in [6.07, 6.45) is 1.75. The van der Waals surface area contributed by atoms with Crippen LogP contribution in [-0.2, 0) is 23.1 Å². The highest BCUT2D eigenvalue weighted by atomic mass is 31.2. The van der Waals surface area contributed by atoms with Gasteiger partial charge in [0.25, 0.3) is 0 Å². The minimum Gasteiger partial charge on any atom is -0.449 e. The van der Waals surface area contributed by atoms with Gasteiger partial charge in [-0.25, -0.2) is 0 Å². The standard InChI is InChI=1S/C10H19O5P/c1-5-8-10(15-9(4)11)16(12,13-6-2)14-7-3/h5,10H,1,6-8H2,2-4H3. The summed E-state index contributed by atoms with van der Waals surface area (Å²) in [6, 6.07) is 0. The third-order valence-corrected chi connectivity index (χ3v) is 3.90. The van der Waals surface area contributed by atoms with Crippen LogP contribution in [0, 0.1) is 0 Å². The predicted molar refractivity (Wildman–Crippen MR) is 61.2 cm³/mol. The smallest absolute Gasteiger partial charge is 0.371 e. The molecular weight excluding hydrogens is 231 g/mol. The first-order chi connectivity index (χ1) is 7.50. The Kier molecular flexibility index (Phi) is 7.30. The molecule has 0 heterocycles. The lowest BCUT2D eigenvalue weighted by atomic mass is 10.4. The van der Waals surface area contributed by atoms with Crippen LogP contribution in [0.5, 0.6) is 0 Å². The molecule has 0 spiro atoms. The molecule has 0 amide bonds. The van der Waals surface area contributed by atoms with Gasteiger partial charge in [-0.2, -0.15) is 0 Å². The highest BCUT2D eigenvalue weighted by molar-refractivity contribution is 7.54. The molecule has 0 aliphatic heterocycles. The fourth-order valence-electron chi connectivity index (χ4n) is 1.14. The Bertz CT molecular complexity index is 266. The fraction of sp³-hybridized carbons (Fsp3) is 0.700. The SMILES string of the molecule is C=CCC(OC(C)=O)P(=O)(OCC)OCC. The molecule has 0 aromatic carbocycles. The van der Waals surface area contributed by atoms with E-state index in [2.05, 4.69) is 6.58 Å². The van der Waals surface area contributed by atoms with Crippen molar-refractivity contribution < 1.29 is 23.1 Å². The van der Waals surface area contributed by atoms with E-state index in [1.807, 2.05) is 0 Å². The summed E-state index contributed by atoms with van der Waals surface area (Å²) < 4.78 is 27.4. The predicted octanol–water partition coefficient (Wildman–Crippen LogP) is 2.72. The molecule has 94 valence electrons. The Morgan fingerprint density at radius 1 is 1.38 bits per heavy atom. The monoisotopic (exact) mass is 250 g/mol. The van der Waals surface area contributed by atoms with E-state index in [4.69, 9.17) is 13.8 Å². The van der Waals surface area contributed by atoms with Gasteiger partial charge in [0.2, 0.25) is 5.85 Å². The van der Waals surface area contributed by atoms with Crippen molar-refractivity contribution in [3.8, 4) is 0 Å². The summed E-state index contributed by atoms with van der Waals surface area (Å²) in [4.78, 5) is 10.9. The van der Waals surface area contributed by atoms with E-state index in [0.29, 0.717) is 0 Å². The number of esters is 1. The van der Waals surface area contributed by atoms with Crippen molar-refractivity contribution in [2.24, 2.45) is 0 Å². The zero-order chi connectivity index (χ0) is 12.6. The van der Waals surface area contributed by atoms with Crippen LogP contribution in [0.25, 0.3) is 0 Å². The van der Waals surface area contributed by atoms with Crippen molar-refractivity contribution in [2.45, 2.75) is 33.0 Å². The van der Waals surface area contributed by atoms with Crippen molar-refractivity contribution in [2.75, 3.05) is 13.2 Å². The van der Waals surface area contributed by atoms with Gasteiger partial charge < -0.3 is 13.8 Å². The van der Waals surface area contributed by atoms with Crippen LogP contribution >= 0.6 is 7.60 Å². The second-order valence-corrected chi connectivity index (χ2v) is 5.14. The second kappa shape index (κ2) is 7.60. The van der Waals surface area contributed by atoms with Gasteiger partial charge >= 0.3 is 13.6 Å². The molecule has 1 unspecified atom stereocenters. The first kappa shape index (κ1) is 15.4. The van der Waals surface area contributed by atoms with Gasteiger partial charge in [0.1, 0.15) is 0 Å². The highest BCUT2D eigenvalue weighted by Gasteiger charge is 2.37. The largest absolute Gasteiger partial charge is 0.449 e. The molecule has 5 nitrogen and oxygen atoms in total. The lowest BCUT2D eigenvalue weighted by Gasteiger charge is -2.24. The van der Waals surface area contributed by atoms with E-state index < -0.39 is 19.4 Å². The summed E-state index contributed by atoms with van der Waals surface area (Å²) in [7, 11) is -3.41. The fourth-order valence-corrected chi connectivity index (χ4v) is 2.95. The molecule has 6 heteroatoms. The number of ether oxygens (including phenoxy) is 1. The molecule has 0 fully saturated rings. The van der Waals surface area contributed by atoms with Gasteiger partial charge in [0.05, 0.1) is 13.2 Å². The number of carbonyl (C=O) groups excluding carboxylic acids is 1. The number of hydrogen-bond donors (Lipinski definition) is 0. The Balaban J connectivity index is 4.83. The molecule has 0 bridgehead atoms. The van der Waals surface area contributed by atoms with Crippen LogP contribution in [0.3, 0.4) is 0 Å². The quantitative estimate of drug-likeness (QED) is 0.376. The van der Waals surface area contributed by atoms with E-state index in [1.54, 1.807) is 13.8 Å². The molecule has 0 aromatic heterocycles. The summed E-state index contributed by atoms with van der Waals surface area (Å²) >= 11 is 0. The maximum absolute atomic E-state index is 12.3. The highest BCUT2D eigenvalue weighted by Crippen LogP contribution is 2.54. The van der Waals surface area contributed by atoms with Crippen LogP contribution in [0.2, 0.25) is 0 Å². The zero-order valence-electron chi connectivity index (χ0n) is 9.97. The Hall–Kier alpha value is -0.640. The van der Waals surface area contributed by atoms with E-state index in [1.165, 1.54) is 13.0 Å². The normalized spacial score (nSPS) is 13.2. The Labute approximate surface area is 96.3 Å². The number of rotatable bonds is 8. The van der Waals surface area contributed by atoms with Crippen LogP contribution in [0.1, 0.15) is 27.2 Å². The van der Waals surface area contributed by atoms with Crippen molar-refractivity contribution in [3.05, 3.63) is 12.7 Å². The topological polar surface area (TPSA) is 61.8 Å². The van der Waals surface area contributed by atoms with Gasteiger partial charge in [-0.1, -0.05) is 6.08 Å². The van der Waals surface area contributed by atoms with E-state index in [-0.39, 0.29) is 19.6 Å². The van der Waals surface area contributed by atoms with E-state index in [9.17, 15) is 9.36 Å². The van der Waals surface area contributed by atoms with Crippen molar-refractivity contribution in [3.63, 3.8) is 0 Å². The van der Waals surface area contributed by atoms with Crippen molar-refractivity contribution in [1.82, 2.24) is 0 Å². The third-order valence-electron chi connectivity index (χ3n) is 1.64. The third kappa shape index (κ3) is 4.92. The van der Waals surface area contributed by atoms with Crippen LogP contribution in [0.15, 0.2) is 12.7 Å². The molecule has 0 rings (SSSR count). The summed E-state index contributed by atoms with van der Waals surface area (Å²) in [5.74, 6) is -1.44. The molecule has 0 radical (unpaired) electrons. The molecule has 0 saturated carbocycles. The van der Waals surface area contributed by atoms with Crippen LogP contribution in [-0.4, -0.2) is 25.0 Å². The van der Waals surface area contributed by atoms with Crippen molar-refractivity contribution in [1.29, 1.82) is 0 Å². The molecule has 0 aliphatic rings. The summed E-state index contributed by atoms with van der Waals surface area (Å²) in [6.45, 7) is 8.62. The second-order valence-electron chi connectivity index (χ2n) is 2.96. The van der Waals surface area contributed by atoms with Crippen molar-refractivity contribution >= 4 is 13.6 Å². The zero-order valence-corrected chi connectivity index (χ0v) is 10.9. The van der Waals surface area contributed by atoms with E-state index in [0.717, 1.165) is 0 Å². The van der Waals surface area contributed by atoms with E-state index >= 15 is 0 Å². The van der Waals surface area contributed by atoms with Crippen LogP contribution < -0.4 is 0 Å². The van der Waals surface area contributed by atoms with Gasteiger partial charge in [-0.15, -0.1) is 6.58 Å². The first-order valence-corrected chi connectivity index (χ1v) is 6.78. The molecule has 0 N–H and O–H groups in total. The van der Waals surface area contributed by atoms with Gasteiger partial charge in [0.15, 0.2) is 0 Å². The molecule has 0 aromatic rings. The average molecular weight is 250 g/mol. The van der Waals surface area contributed by atoms with Crippen LogP contribution in [0.4, 0.5) is 0 Å². The maximum atomic E-state index is 12.3. The lowest BCUT2D eigenvalue weighted by molar-refractivity contribution is -0.143. The molecule has 0 aliphatic carbocycles. The Morgan fingerprint density at radius 2 is 1.88 bits per heavy atom.